The Hall–Kier alpha value is -3.45. The van der Waals surface area contributed by atoms with Gasteiger partial charge in [-0.1, -0.05) is 12.1 Å². The van der Waals surface area contributed by atoms with Crippen molar-refractivity contribution in [2.75, 3.05) is 5.32 Å². The van der Waals surface area contributed by atoms with E-state index >= 15 is 0 Å². The zero-order valence-corrected chi connectivity index (χ0v) is 14.3. The molecule has 26 heavy (non-hydrogen) atoms. The van der Waals surface area contributed by atoms with E-state index in [2.05, 4.69) is 20.3 Å². The third-order valence-corrected chi connectivity index (χ3v) is 4.40. The molecule has 3 N–H and O–H groups in total. The van der Waals surface area contributed by atoms with Gasteiger partial charge >= 0.3 is 0 Å². The van der Waals surface area contributed by atoms with Crippen LogP contribution in [-0.2, 0) is 0 Å². The summed E-state index contributed by atoms with van der Waals surface area (Å²) in [6, 6.07) is 14.4. The van der Waals surface area contributed by atoms with Crippen molar-refractivity contribution in [2.45, 2.75) is 0 Å². The molecule has 0 unspecified atom stereocenters. The van der Waals surface area contributed by atoms with Crippen LogP contribution in [-0.4, -0.2) is 26.0 Å². The van der Waals surface area contributed by atoms with Crippen LogP contribution in [0.4, 0.5) is 5.69 Å². The van der Waals surface area contributed by atoms with Crippen LogP contribution >= 0.6 is 11.3 Å². The van der Waals surface area contributed by atoms with Gasteiger partial charge in [0.2, 0.25) is 0 Å². The third-order valence-electron chi connectivity index (χ3n) is 3.81. The second-order valence-corrected chi connectivity index (χ2v) is 6.32. The first-order chi connectivity index (χ1) is 12.7. The van der Waals surface area contributed by atoms with Crippen molar-refractivity contribution in [1.82, 2.24) is 15.0 Å². The highest BCUT2D eigenvalue weighted by atomic mass is 32.1. The van der Waals surface area contributed by atoms with E-state index in [0.29, 0.717) is 17.2 Å². The number of aromatic amines is 1. The van der Waals surface area contributed by atoms with E-state index in [-0.39, 0.29) is 11.7 Å². The molecule has 4 rings (SSSR count). The van der Waals surface area contributed by atoms with Crippen molar-refractivity contribution < 1.29 is 9.90 Å². The molecule has 2 aromatic carbocycles. The predicted octanol–water partition coefficient (Wildman–Crippen LogP) is 4.16. The third kappa shape index (κ3) is 3.33. The number of carbonyl (C=O) groups excluding carboxylic acids is 1. The van der Waals surface area contributed by atoms with Crippen LogP contribution in [0.2, 0.25) is 0 Å². The zero-order valence-electron chi connectivity index (χ0n) is 13.5. The van der Waals surface area contributed by atoms with Crippen LogP contribution in [0.1, 0.15) is 10.5 Å². The summed E-state index contributed by atoms with van der Waals surface area (Å²) in [7, 11) is 0. The van der Waals surface area contributed by atoms with Gasteiger partial charge in [0, 0.05) is 22.2 Å². The number of phenolic OH excluding ortho intramolecular Hbond substituents is 1. The number of amides is 1. The molecule has 128 valence electrons. The predicted molar refractivity (Wildman–Crippen MR) is 101 cm³/mol. The van der Waals surface area contributed by atoms with Gasteiger partial charge < -0.3 is 15.4 Å². The summed E-state index contributed by atoms with van der Waals surface area (Å²) in [6.07, 6.45) is 1.72. The quantitative estimate of drug-likeness (QED) is 0.508. The number of carbonyl (C=O) groups is 1. The van der Waals surface area contributed by atoms with Crippen LogP contribution in [0, 0.1) is 0 Å². The number of phenols is 1. The number of rotatable bonds is 4. The maximum absolute atomic E-state index is 12.0. The summed E-state index contributed by atoms with van der Waals surface area (Å²) in [5.41, 5.74) is 5.28. The van der Waals surface area contributed by atoms with Crippen LogP contribution in [0.15, 0.2) is 65.6 Å². The van der Waals surface area contributed by atoms with E-state index in [0.717, 1.165) is 16.8 Å². The number of benzene rings is 2. The van der Waals surface area contributed by atoms with Gasteiger partial charge in [-0.3, -0.25) is 4.79 Å². The minimum absolute atomic E-state index is 0.207. The summed E-state index contributed by atoms with van der Waals surface area (Å²) in [5, 5.41) is 14.1. The lowest BCUT2D eigenvalue weighted by Gasteiger charge is -2.04. The van der Waals surface area contributed by atoms with Crippen LogP contribution < -0.4 is 5.32 Å². The largest absolute Gasteiger partial charge is 0.508 e. The molecule has 7 heteroatoms. The number of aromatic nitrogens is 3. The molecule has 1 amide bonds. The number of H-pyrrole nitrogens is 1. The average molecular weight is 362 g/mol. The molecular formula is C19H14N4O2S. The molecule has 0 aliphatic heterocycles. The Bertz CT molecular complexity index is 1040. The van der Waals surface area contributed by atoms with Crippen molar-refractivity contribution in [3.63, 3.8) is 0 Å². The Kier molecular flexibility index (Phi) is 4.20. The number of hydrogen-bond donors (Lipinski definition) is 3. The molecule has 0 aliphatic rings. The normalized spacial score (nSPS) is 10.6. The standard InChI is InChI=1S/C19H14N4O2S/c24-15-3-1-2-13(8-15)16-9-20-18(23-16)12-4-6-14(7-5-12)22-19(25)17-10-26-11-21-17/h1-11,24H,(H,20,23)(H,22,25). The minimum atomic E-state index is -0.233. The molecule has 0 bridgehead atoms. The Morgan fingerprint density at radius 1 is 1.08 bits per heavy atom. The summed E-state index contributed by atoms with van der Waals surface area (Å²) < 4.78 is 0. The minimum Gasteiger partial charge on any atom is -0.508 e. The van der Waals surface area contributed by atoms with E-state index in [1.807, 2.05) is 30.3 Å². The van der Waals surface area contributed by atoms with Crippen LogP contribution in [0.25, 0.3) is 22.6 Å². The molecular weight excluding hydrogens is 348 g/mol. The number of hydrogen-bond acceptors (Lipinski definition) is 5. The van der Waals surface area contributed by atoms with Crippen LogP contribution in [0.3, 0.4) is 0 Å². The lowest BCUT2D eigenvalue weighted by atomic mass is 10.1. The van der Waals surface area contributed by atoms with Crippen molar-refractivity contribution in [2.24, 2.45) is 0 Å². The number of nitrogens with one attached hydrogen (secondary N) is 2. The summed E-state index contributed by atoms with van der Waals surface area (Å²) in [5.74, 6) is 0.683. The first kappa shape index (κ1) is 16.0. The fourth-order valence-electron chi connectivity index (χ4n) is 2.52. The smallest absolute Gasteiger partial charge is 0.275 e. The number of thiazole rings is 1. The van der Waals surface area contributed by atoms with E-state index in [1.165, 1.54) is 11.3 Å². The molecule has 0 saturated carbocycles. The van der Waals surface area contributed by atoms with Gasteiger partial charge in [0.15, 0.2) is 0 Å². The van der Waals surface area contributed by atoms with Gasteiger partial charge in [0.05, 0.1) is 17.4 Å². The lowest BCUT2D eigenvalue weighted by Crippen LogP contribution is -2.11. The topological polar surface area (TPSA) is 90.9 Å². The molecule has 0 radical (unpaired) electrons. The molecule has 0 atom stereocenters. The monoisotopic (exact) mass is 362 g/mol. The van der Waals surface area contributed by atoms with E-state index in [9.17, 15) is 9.90 Å². The van der Waals surface area contributed by atoms with Gasteiger partial charge in [0.25, 0.3) is 5.91 Å². The molecule has 0 saturated heterocycles. The fraction of sp³-hybridized carbons (Fsp3) is 0. The van der Waals surface area contributed by atoms with Gasteiger partial charge in [0.1, 0.15) is 17.3 Å². The Balaban J connectivity index is 1.51. The highest BCUT2D eigenvalue weighted by Gasteiger charge is 2.09. The Morgan fingerprint density at radius 3 is 2.65 bits per heavy atom. The van der Waals surface area contributed by atoms with Gasteiger partial charge in [-0.2, -0.15) is 0 Å². The number of aromatic hydroxyl groups is 1. The Morgan fingerprint density at radius 2 is 1.92 bits per heavy atom. The second-order valence-electron chi connectivity index (χ2n) is 5.60. The van der Waals surface area contributed by atoms with E-state index in [1.54, 1.807) is 35.3 Å². The highest BCUT2D eigenvalue weighted by Crippen LogP contribution is 2.25. The SMILES string of the molecule is O=C(Nc1ccc(-c2ncc(-c3cccc(O)c3)[nH]2)cc1)c1cscn1. The molecule has 2 aromatic heterocycles. The maximum atomic E-state index is 12.0. The first-order valence-corrected chi connectivity index (χ1v) is 8.78. The maximum Gasteiger partial charge on any atom is 0.275 e. The number of imidazole rings is 1. The first-order valence-electron chi connectivity index (χ1n) is 7.83. The summed E-state index contributed by atoms with van der Waals surface area (Å²) in [4.78, 5) is 23.6. The molecule has 0 aliphatic carbocycles. The van der Waals surface area contributed by atoms with Gasteiger partial charge in [-0.25, -0.2) is 9.97 Å². The molecule has 0 spiro atoms. The van der Waals surface area contributed by atoms with Crippen molar-refractivity contribution in [1.29, 1.82) is 0 Å². The Labute approximate surface area is 153 Å². The fourth-order valence-corrected chi connectivity index (χ4v) is 3.05. The molecule has 0 fully saturated rings. The average Bonchev–Trinajstić information content (AvgIpc) is 3.35. The van der Waals surface area contributed by atoms with Crippen molar-refractivity contribution >= 4 is 22.9 Å². The summed E-state index contributed by atoms with van der Waals surface area (Å²) in [6.45, 7) is 0. The van der Waals surface area contributed by atoms with Crippen molar-refractivity contribution in [3.05, 3.63) is 71.3 Å². The van der Waals surface area contributed by atoms with Gasteiger partial charge in [-0.15, -0.1) is 11.3 Å². The number of nitrogens with zero attached hydrogens (tertiary/aromatic N) is 2. The molecule has 2 heterocycles. The summed E-state index contributed by atoms with van der Waals surface area (Å²) >= 11 is 1.38. The second kappa shape index (κ2) is 6.81. The van der Waals surface area contributed by atoms with Gasteiger partial charge in [-0.05, 0) is 36.4 Å². The zero-order chi connectivity index (χ0) is 17.9. The van der Waals surface area contributed by atoms with E-state index in [4.69, 9.17) is 0 Å². The highest BCUT2D eigenvalue weighted by molar-refractivity contribution is 7.07. The number of anilines is 1. The van der Waals surface area contributed by atoms with Crippen molar-refractivity contribution in [3.8, 4) is 28.4 Å². The molecule has 6 nitrogen and oxygen atoms in total. The molecule has 4 aromatic rings. The van der Waals surface area contributed by atoms with Crippen LogP contribution in [0.5, 0.6) is 5.75 Å². The lowest BCUT2D eigenvalue weighted by molar-refractivity contribution is 0.102. The van der Waals surface area contributed by atoms with E-state index < -0.39 is 0 Å².